The number of carbonyl (C=O) groups excluding carboxylic acids is 2. The Morgan fingerprint density at radius 3 is 1.67 bits per heavy atom. The lowest BCUT2D eigenvalue weighted by atomic mass is 10.1. The first-order valence-electron chi connectivity index (χ1n) is 9.55. The highest BCUT2D eigenvalue weighted by Crippen LogP contribution is 2.35. The average Bonchev–Trinajstić information content (AvgIpc) is 2.82. The van der Waals surface area contributed by atoms with Gasteiger partial charge in [0.05, 0.1) is 34.0 Å². The van der Waals surface area contributed by atoms with E-state index < -0.39 is 0 Å². The molecule has 0 unspecified atom stereocenters. The first-order chi connectivity index (χ1) is 14.5. The van der Waals surface area contributed by atoms with Gasteiger partial charge >= 0.3 is 0 Å². The van der Waals surface area contributed by atoms with Gasteiger partial charge in [-0.05, 0) is 24.3 Å². The number of piperazine rings is 1. The summed E-state index contributed by atoms with van der Waals surface area (Å²) in [5.74, 6) is 1.81. The molecule has 1 saturated heterocycles. The standard InChI is InChI=1S/C22H26N2O6/c1-27-16-7-5-15(6-8-16)21(25)23-9-11-24(12-10-23)22(26)17-13-19(29-3)20(30-4)14-18(17)28-2/h5-8,13-14H,9-12H2,1-4H3. The molecule has 0 spiro atoms. The van der Waals surface area contributed by atoms with Crippen LogP contribution in [0.3, 0.4) is 0 Å². The summed E-state index contributed by atoms with van der Waals surface area (Å²) in [6.45, 7) is 1.76. The lowest BCUT2D eigenvalue weighted by molar-refractivity contribution is 0.0533. The fraction of sp³-hybridized carbons (Fsp3) is 0.364. The molecule has 1 fully saturated rings. The number of hydrogen-bond donors (Lipinski definition) is 0. The zero-order chi connectivity index (χ0) is 21.7. The summed E-state index contributed by atoms with van der Waals surface area (Å²) in [6.07, 6.45) is 0. The van der Waals surface area contributed by atoms with Gasteiger partial charge in [0.25, 0.3) is 11.8 Å². The van der Waals surface area contributed by atoms with E-state index in [1.807, 2.05) is 0 Å². The van der Waals surface area contributed by atoms with Gasteiger partial charge in [-0.25, -0.2) is 0 Å². The average molecular weight is 414 g/mol. The molecule has 0 aromatic heterocycles. The fourth-order valence-electron chi connectivity index (χ4n) is 3.40. The van der Waals surface area contributed by atoms with E-state index in [1.54, 1.807) is 53.3 Å². The molecular weight excluding hydrogens is 388 g/mol. The quantitative estimate of drug-likeness (QED) is 0.722. The Morgan fingerprint density at radius 1 is 0.667 bits per heavy atom. The molecule has 0 radical (unpaired) electrons. The molecule has 3 rings (SSSR count). The van der Waals surface area contributed by atoms with Crippen molar-refractivity contribution in [3.63, 3.8) is 0 Å². The molecule has 0 N–H and O–H groups in total. The third-order valence-corrected chi connectivity index (χ3v) is 5.13. The van der Waals surface area contributed by atoms with Crippen molar-refractivity contribution in [2.75, 3.05) is 54.6 Å². The maximum atomic E-state index is 13.1. The predicted molar refractivity (Wildman–Crippen MR) is 111 cm³/mol. The second-order valence-electron chi connectivity index (χ2n) is 6.72. The van der Waals surface area contributed by atoms with Crippen LogP contribution in [0.4, 0.5) is 0 Å². The largest absolute Gasteiger partial charge is 0.497 e. The van der Waals surface area contributed by atoms with Crippen molar-refractivity contribution in [3.05, 3.63) is 47.5 Å². The van der Waals surface area contributed by atoms with Crippen LogP contribution in [0.5, 0.6) is 23.0 Å². The number of hydrogen-bond acceptors (Lipinski definition) is 6. The van der Waals surface area contributed by atoms with E-state index in [-0.39, 0.29) is 11.8 Å². The van der Waals surface area contributed by atoms with E-state index in [2.05, 4.69) is 0 Å². The first-order valence-corrected chi connectivity index (χ1v) is 9.55. The minimum Gasteiger partial charge on any atom is -0.497 e. The van der Waals surface area contributed by atoms with Crippen molar-refractivity contribution in [2.45, 2.75) is 0 Å². The zero-order valence-corrected chi connectivity index (χ0v) is 17.6. The van der Waals surface area contributed by atoms with Crippen LogP contribution in [0.15, 0.2) is 36.4 Å². The second kappa shape index (κ2) is 9.39. The Hall–Kier alpha value is -3.42. The van der Waals surface area contributed by atoms with Gasteiger partial charge in [-0.3, -0.25) is 9.59 Å². The molecule has 160 valence electrons. The molecule has 0 atom stereocenters. The Morgan fingerprint density at radius 2 is 1.17 bits per heavy atom. The van der Waals surface area contributed by atoms with E-state index in [1.165, 1.54) is 21.3 Å². The van der Waals surface area contributed by atoms with E-state index in [0.29, 0.717) is 60.3 Å². The SMILES string of the molecule is COc1ccc(C(=O)N2CCN(C(=O)c3cc(OC)c(OC)cc3OC)CC2)cc1. The van der Waals surface area contributed by atoms with E-state index in [4.69, 9.17) is 18.9 Å². The van der Waals surface area contributed by atoms with Crippen molar-refractivity contribution in [1.29, 1.82) is 0 Å². The molecular formula is C22H26N2O6. The highest BCUT2D eigenvalue weighted by Gasteiger charge is 2.28. The van der Waals surface area contributed by atoms with Crippen molar-refractivity contribution >= 4 is 11.8 Å². The van der Waals surface area contributed by atoms with Crippen LogP contribution in [0.2, 0.25) is 0 Å². The molecule has 0 aliphatic carbocycles. The predicted octanol–water partition coefficient (Wildman–Crippen LogP) is 2.32. The van der Waals surface area contributed by atoms with Gasteiger partial charge in [-0.1, -0.05) is 0 Å². The summed E-state index contributed by atoms with van der Waals surface area (Å²) in [7, 11) is 6.13. The molecule has 1 heterocycles. The molecule has 1 aliphatic heterocycles. The molecule has 8 nitrogen and oxygen atoms in total. The van der Waals surface area contributed by atoms with Gasteiger partial charge in [0.2, 0.25) is 0 Å². The molecule has 2 amide bonds. The van der Waals surface area contributed by atoms with Crippen LogP contribution >= 0.6 is 0 Å². The number of nitrogens with zero attached hydrogens (tertiary/aromatic N) is 2. The van der Waals surface area contributed by atoms with Gasteiger partial charge in [0, 0.05) is 43.9 Å². The summed E-state index contributed by atoms with van der Waals surface area (Å²) >= 11 is 0. The topological polar surface area (TPSA) is 77.5 Å². The molecule has 0 bridgehead atoms. The molecule has 1 aliphatic rings. The minimum absolute atomic E-state index is 0.0616. The van der Waals surface area contributed by atoms with Crippen LogP contribution in [0.1, 0.15) is 20.7 Å². The Bertz CT molecular complexity index is 905. The first kappa shape index (κ1) is 21.3. The summed E-state index contributed by atoms with van der Waals surface area (Å²) in [4.78, 5) is 29.3. The highest BCUT2D eigenvalue weighted by atomic mass is 16.5. The normalized spacial score (nSPS) is 13.6. The number of ether oxygens (including phenoxy) is 4. The third kappa shape index (κ3) is 4.27. The number of carbonyl (C=O) groups is 2. The number of rotatable bonds is 6. The van der Waals surface area contributed by atoms with E-state index in [0.717, 1.165) is 0 Å². The van der Waals surface area contributed by atoms with E-state index in [9.17, 15) is 9.59 Å². The van der Waals surface area contributed by atoms with Crippen LogP contribution in [0, 0.1) is 0 Å². The zero-order valence-electron chi connectivity index (χ0n) is 17.6. The van der Waals surface area contributed by atoms with Gasteiger partial charge in [0.15, 0.2) is 11.5 Å². The lowest BCUT2D eigenvalue weighted by Crippen LogP contribution is -2.50. The monoisotopic (exact) mass is 414 g/mol. The van der Waals surface area contributed by atoms with Crippen LogP contribution < -0.4 is 18.9 Å². The van der Waals surface area contributed by atoms with Gasteiger partial charge in [0.1, 0.15) is 11.5 Å². The lowest BCUT2D eigenvalue weighted by Gasteiger charge is -2.35. The van der Waals surface area contributed by atoms with Gasteiger partial charge < -0.3 is 28.7 Å². The number of benzene rings is 2. The Kier molecular flexibility index (Phi) is 6.66. The molecule has 30 heavy (non-hydrogen) atoms. The minimum atomic E-state index is -0.177. The van der Waals surface area contributed by atoms with Crippen LogP contribution in [-0.2, 0) is 0 Å². The molecule has 8 heteroatoms. The van der Waals surface area contributed by atoms with Crippen molar-refractivity contribution in [2.24, 2.45) is 0 Å². The molecule has 2 aromatic carbocycles. The van der Waals surface area contributed by atoms with Crippen LogP contribution in [0.25, 0.3) is 0 Å². The maximum Gasteiger partial charge on any atom is 0.257 e. The van der Waals surface area contributed by atoms with E-state index >= 15 is 0 Å². The summed E-state index contributed by atoms with van der Waals surface area (Å²) in [5.41, 5.74) is 0.988. The van der Waals surface area contributed by atoms with Crippen molar-refractivity contribution in [1.82, 2.24) is 9.80 Å². The second-order valence-corrected chi connectivity index (χ2v) is 6.72. The molecule has 2 aromatic rings. The number of amides is 2. The fourth-order valence-corrected chi connectivity index (χ4v) is 3.40. The number of methoxy groups -OCH3 is 4. The maximum absolute atomic E-state index is 13.1. The Balaban J connectivity index is 1.70. The van der Waals surface area contributed by atoms with Crippen LogP contribution in [-0.4, -0.2) is 76.2 Å². The third-order valence-electron chi connectivity index (χ3n) is 5.13. The van der Waals surface area contributed by atoms with Crippen molar-refractivity contribution in [3.8, 4) is 23.0 Å². The Labute approximate surface area is 175 Å². The molecule has 0 saturated carbocycles. The van der Waals surface area contributed by atoms with Crippen molar-refractivity contribution < 1.29 is 28.5 Å². The summed E-state index contributed by atoms with van der Waals surface area (Å²) in [5, 5.41) is 0. The smallest absolute Gasteiger partial charge is 0.257 e. The summed E-state index contributed by atoms with van der Waals surface area (Å²) in [6, 6.07) is 10.3. The highest BCUT2D eigenvalue weighted by molar-refractivity contribution is 5.98. The van der Waals surface area contributed by atoms with Gasteiger partial charge in [-0.2, -0.15) is 0 Å². The summed E-state index contributed by atoms with van der Waals surface area (Å²) < 4.78 is 21.1. The van der Waals surface area contributed by atoms with Gasteiger partial charge in [-0.15, -0.1) is 0 Å².